The van der Waals surface area contributed by atoms with Gasteiger partial charge in [0.2, 0.25) is 0 Å². The molecule has 0 aromatic carbocycles. The van der Waals surface area contributed by atoms with E-state index >= 15 is 0 Å². The number of ether oxygens (including phenoxy) is 3. The first-order chi connectivity index (χ1) is 33.5. The van der Waals surface area contributed by atoms with Crippen molar-refractivity contribution in [2.24, 2.45) is 0 Å². The highest BCUT2D eigenvalue weighted by Crippen LogP contribution is 2.16. The zero-order valence-electron chi connectivity index (χ0n) is 44.9. The van der Waals surface area contributed by atoms with E-state index < -0.39 is 6.10 Å². The number of unbranched alkanes of at least 4 members (excludes halogenated alkanes) is 30. The van der Waals surface area contributed by atoms with Crippen LogP contribution in [0.4, 0.5) is 0 Å². The van der Waals surface area contributed by atoms with Crippen molar-refractivity contribution < 1.29 is 28.6 Å². The molecule has 0 radical (unpaired) electrons. The van der Waals surface area contributed by atoms with Gasteiger partial charge in [0, 0.05) is 19.3 Å². The minimum absolute atomic E-state index is 0.0987. The molecule has 0 bridgehead atoms. The second-order valence-electron chi connectivity index (χ2n) is 19.2. The van der Waals surface area contributed by atoms with Crippen molar-refractivity contribution in [2.75, 3.05) is 13.2 Å². The molecule has 0 N–H and O–H groups in total. The van der Waals surface area contributed by atoms with Crippen LogP contribution >= 0.6 is 0 Å². The molecule has 0 aliphatic carbocycles. The number of carbonyl (C=O) groups excluding carboxylic acids is 3. The Morgan fingerprint density at radius 1 is 0.309 bits per heavy atom. The van der Waals surface area contributed by atoms with E-state index in [9.17, 15) is 14.4 Å². The Morgan fingerprint density at radius 2 is 0.588 bits per heavy atom. The molecule has 0 aromatic heterocycles. The van der Waals surface area contributed by atoms with Crippen molar-refractivity contribution in [3.05, 3.63) is 72.9 Å². The monoisotopic (exact) mass is 949 g/mol. The second kappa shape index (κ2) is 56.4. The van der Waals surface area contributed by atoms with Gasteiger partial charge in [-0.05, 0) is 83.5 Å². The Hall–Kier alpha value is -3.15. The van der Waals surface area contributed by atoms with E-state index in [0.717, 1.165) is 70.6 Å². The van der Waals surface area contributed by atoms with Crippen molar-refractivity contribution >= 4 is 17.9 Å². The average Bonchev–Trinajstić information content (AvgIpc) is 3.34. The van der Waals surface area contributed by atoms with Crippen LogP contribution in [0.1, 0.15) is 284 Å². The Morgan fingerprint density at radius 3 is 0.985 bits per heavy atom. The van der Waals surface area contributed by atoms with Crippen LogP contribution in [-0.2, 0) is 28.6 Å². The summed E-state index contributed by atoms with van der Waals surface area (Å²) in [6.45, 7) is 6.55. The van der Waals surface area contributed by atoms with E-state index in [0.29, 0.717) is 19.3 Å². The summed E-state index contributed by atoms with van der Waals surface area (Å²) in [6.07, 6.45) is 71.8. The second-order valence-corrected chi connectivity index (χ2v) is 19.2. The predicted molar refractivity (Wildman–Crippen MR) is 293 cm³/mol. The van der Waals surface area contributed by atoms with Gasteiger partial charge < -0.3 is 14.2 Å². The summed E-state index contributed by atoms with van der Waals surface area (Å²) in [6, 6.07) is 0. The van der Waals surface area contributed by atoms with Gasteiger partial charge in [-0.3, -0.25) is 14.4 Å². The Balaban J connectivity index is 4.45. The highest BCUT2D eigenvalue weighted by molar-refractivity contribution is 5.71. The van der Waals surface area contributed by atoms with Gasteiger partial charge in [0.05, 0.1) is 0 Å². The van der Waals surface area contributed by atoms with E-state index in [1.165, 1.54) is 167 Å². The van der Waals surface area contributed by atoms with Gasteiger partial charge in [-0.2, -0.15) is 0 Å². The van der Waals surface area contributed by atoms with Gasteiger partial charge in [0.15, 0.2) is 6.10 Å². The van der Waals surface area contributed by atoms with Crippen molar-refractivity contribution in [1.29, 1.82) is 0 Å². The molecular formula is C62H108O6. The largest absolute Gasteiger partial charge is 0.462 e. The van der Waals surface area contributed by atoms with Crippen LogP contribution in [0.5, 0.6) is 0 Å². The van der Waals surface area contributed by atoms with Crippen LogP contribution in [0.25, 0.3) is 0 Å². The number of carbonyl (C=O) groups is 3. The number of rotatable bonds is 52. The lowest BCUT2D eigenvalue weighted by Crippen LogP contribution is -2.30. The lowest BCUT2D eigenvalue weighted by Gasteiger charge is -2.18. The molecule has 0 heterocycles. The van der Waals surface area contributed by atoms with Crippen LogP contribution in [0, 0.1) is 0 Å². The molecule has 0 amide bonds. The Labute approximate surface area is 421 Å². The topological polar surface area (TPSA) is 78.9 Å². The highest BCUT2D eigenvalue weighted by Gasteiger charge is 2.19. The summed E-state index contributed by atoms with van der Waals surface area (Å²) < 4.78 is 16.8. The minimum Gasteiger partial charge on any atom is -0.462 e. The van der Waals surface area contributed by atoms with Crippen LogP contribution in [0.15, 0.2) is 72.9 Å². The molecule has 6 nitrogen and oxygen atoms in total. The molecule has 0 rings (SSSR count). The fourth-order valence-corrected chi connectivity index (χ4v) is 8.07. The van der Waals surface area contributed by atoms with Gasteiger partial charge in [-0.1, -0.05) is 254 Å². The maximum Gasteiger partial charge on any atom is 0.306 e. The van der Waals surface area contributed by atoms with Gasteiger partial charge in [0.1, 0.15) is 13.2 Å². The first kappa shape index (κ1) is 64.8. The molecular weight excluding hydrogens is 841 g/mol. The van der Waals surface area contributed by atoms with Crippen molar-refractivity contribution in [1.82, 2.24) is 0 Å². The van der Waals surface area contributed by atoms with Crippen LogP contribution in [-0.4, -0.2) is 37.2 Å². The van der Waals surface area contributed by atoms with Crippen LogP contribution in [0.3, 0.4) is 0 Å². The van der Waals surface area contributed by atoms with E-state index in [4.69, 9.17) is 14.2 Å². The number of hydrogen-bond acceptors (Lipinski definition) is 6. The fraction of sp³-hybridized carbons (Fsp3) is 0.758. The van der Waals surface area contributed by atoms with Gasteiger partial charge in [0.25, 0.3) is 0 Å². The van der Waals surface area contributed by atoms with Crippen molar-refractivity contribution in [2.45, 2.75) is 290 Å². The normalized spacial score (nSPS) is 12.6. The summed E-state index contributed by atoms with van der Waals surface area (Å²) in [7, 11) is 0. The minimum atomic E-state index is -0.808. The summed E-state index contributed by atoms with van der Waals surface area (Å²) in [5.74, 6) is -0.958. The standard InChI is InChI=1S/C62H108O6/c1-4-7-10-13-16-19-22-25-28-30-32-34-37-40-43-46-49-52-55-61(64)67-58-59(57-66-60(63)54-51-48-45-42-39-36-33-27-24-21-18-15-12-9-6-3)68-62(65)56-53-50-47-44-41-38-35-31-29-26-23-20-17-14-11-8-5-2/h17-18,20-21,24,26-27,29,35,38,44,47,59H,4-16,19,22-23,25,28,30-34,36-37,39-43,45-46,48-58H2,1-3H3/b20-17-,21-18-,27-24-,29-26-,38-35-,47-44-. The first-order valence-electron chi connectivity index (χ1n) is 29.0. The van der Waals surface area contributed by atoms with Crippen LogP contribution < -0.4 is 0 Å². The summed E-state index contributed by atoms with van der Waals surface area (Å²) >= 11 is 0. The fourth-order valence-electron chi connectivity index (χ4n) is 8.07. The van der Waals surface area contributed by atoms with Crippen molar-refractivity contribution in [3.63, 3.8) is 0 Å². The predicted octanol–water partition coefficient (Wildman–Crippen LogP) is 19.4. The quantitative estimate of drug-likeness (QED) is 0.0199. The van der Waals surface area contributed by atoms with Gasteiger partial charge in [-0.25, -0.2) is 0 Å². The first-order valence-corrected chi connectivity index (χ1v) is 29.0. The summed E-state index contributed by atoms with van der Waals surface area (Å²) in [4.78, 5) is 38.1. The third-order valence-electron chi connectivity index (χ3n) is 12.5. The molecule has 1 atom stereocenters. The van der Waals surface area contributed by atoms with E-state index in [2.05, 4.69) is 93.7 Å². The Bertz CT molecular complexity index is 1270. The third-order valence-corrected chi connectivity index (χ3v) is 12.5. The lowest BCUT2D eigenvalue weighted by molar-refractivity contribution is -0.167. The maximum atomic E-state index is 12.8. The van der Waals surface area contributed by atoms with Gasteiger partial charge in [-0.15, -0.1) is 0 Å². The average molecular weight is 950 g/mol. The zero-order chi connectivity index (χ0) is 49.3. The number of hydrogen-bond donors (Lipinski definition) is 0. The molecule has 0 aliphatic rings. The molecule has 392 valence electrons. The smallest absolute Gasteiger partial charge is 0.306 e. The molecule has 0 aliphatic heterocycles. The summed E-state index contributed by atoms with van der Waals surface area (Å²) in [5.41, 5.74) is 0. The highest BCUT2D eigenvalue weighted by atomic mass is 16.6. The maximum absolute atomic E-state index is 12.8. The molecule has 0 fully saturated rings. The van der Waals surface area contributed by atoms with E-state index in [1.54, 1.807) is 0 Å². The van der Waals surface area contributed by atoms with Gasteiger partial charge >= 0.3 is 17.9 Å². The number of esters is 3. The zero-order valence-corrected chi connectivity index (χ0v) is 44.9. The summed E-state index contributed by atoms with van der Waals surface area (Å²) in [5, 5.41) is 0. The van der Waals surface area contributed by atoms with E-state index in [-0.39, 0.29) is 37.5 Å². The van der Waals surface area contributed by atoms with Crippen molar-refractivity contribution in [3.8, 4) is 0 Å². The molecule has 0 saturated carbocycles. The SMILES string of the molecule is CCCCC/C=C\C=C/CCCCCCCCC(=O)OCC(COC(=O)CCCCCCCCCCCCCCCCCCCC)OC(=O)CCC/C=C\C/C=C\C/C=C\C/C=C\CCCCC. The van der Waals surface area contributed by atoms with E-state index in [1.807, 2.05) is 0 Å². The Kier molecular flexibility index (Phi) is 53.8. The molecule has 1 unspecified atom stereocenters. The van der Waals surface area contributed by atoms with Crippen LogP contribution in [0.2, 0.25) is 0 Å². The third kappa shape index (κ3) is 53.8. The molecule has 0 aromatic rings. The molecule has 6 heteroatoms. The molecule has 0 saturated heterocycles. The number of allylic oxidation sites excluding steroid dienone is 12. The molecule has 0 spiro atoms. The lowest BCUT2D eigenvalue weighted by atomic mass is 10.0. The molecule has 68 heavy (non-hydrogen) atoms.